The second-order valence-electron chi connectivity index (χ2n) is 11.0. The molecule has 0 saturated carbocycles. The van der Waals surface area contributed by atoms with E-state index in [4.69, 9.17) is 0 Å². The van der Waals surface area contributed by atoms with E-state index in [2.05, 4.69) is 153 Å². The highest BCUT2D eigenvalue weighted by Crippen LogP contribution is 2.47. The number of hydrogen-bond acceptors (Lipinski definition) is 1. The van der Waals surface area contributed by atoms with Crippen molar-refractivity contribution in [2.75, 3.05) is 4.90 Å². The van der Waals surface area contributed by atoms with Crippen molar-refractivity contribution < 1.29 is 0 Å². The number of nitrogens with zero attached hydrogens (tertiary/aromatic N) is 1. The van der Waals surface area contributed by atoms with Crippen LogP contribution >= 0.6 is 0 Å². The number of allylic oxidation sites excluding steroid dienone is 14. The molecular formula is C42H37N. The molecule has 0 aromatic heterocycles. The smallest absolute Gasteiger partial charge is 0.0543 e. The van der Waals surface area contributed by atoms with Gasteiger partial charge in [0.2, 0.25) is 0 Å². The van der Waals surface area contributed by atoms with E-state index in [9.17, 15) is 0 Å². The Morgan fingerprint density at radius 3 is 2.44 bits per heavy atom. The minimum absolute atomic E-state index is 1.08. The molecule has 0 N–H and O–H groups in total. The predicted molar refractivity (Wildman–Crippen MR) is 189 cm³/mol. The molecule has 1 aliphatic carbocycles. The Bertz CT molecular complexity index is 1900. The van der Waals surface area contributed by atoms with Crippen LogP contribution in [-0.2, 0) is 0 Å². The van der Waals surface area contributed by atoms with Gasteiger partial charge in [0.05, 0.1) is 5.69 Å². The molecule has 43 heavy (non-hydrogen) atoms. The van der Waals surface area contributed by atoms with E-state index in [1.807, 2.05) is 18.2 Å². The standard InChI is InChI=1S/C42H37N/c1-5-8-23-39-30(4)43(41-24-15-22-34-25-37(29-40(39)42(34)41)33-20-13-10-14-21-33)38-27-35(31(16-6-2)17-7-3)26-36(28-38)32-18-11-9-12-19-32/h5-9,11-13,15-29H,1-2,10,14H2,3-4H3/b17-7-,23-8-,31-16+. The first-order chi connectivity index (χ1) is 21.1. The third-order valence-electron chi connectivity index (χ3n) is 8.20. The number of anilines is 2. The van der Waals surface area contributed by atoms with E-state index >= 15 is 0 Å². The molecule has 0 unspecified atom stereocenters. The van der Waals surface area contributed by atoms with Crippen LogP contribution in [0.3, 0.4) is 0 Å². The van der Waals surface area contributed by atoms with Gasteiger partial charge in [0.25, 0.3) is 0 Å². The van der Waals surface area contributed by atoms with Crippen LogP contribution in [0.15, 0.2) is 158 Å². The molecule has 0 atom stereocenters. The molecule has 4 aromatic carbocycles. The zero-order chi connectivity index (χ0) is 29.8. The average molecular weight is 556 g/mol. The van der Waals surface area contributed by atoms with Crippen LogP contribution in [0.1, 0.15) is 43.4 Å². The van der Waals surface area contributed by atoms with Gasteiger partial charge in [-0.15, -0.1) is 0 Å². The monoisotopic (exact) mass is 555 g/mol. The normalized spacial score (nSPS) is 15.1. The molecule has 0 radical (unpaired) electrons. The molecule has 1 heteroatoms. The van der Waals surface area contributed by atoms with E-state index in [0.717, 1.165) is 29.7 Å². The first kappa shape index (κ1) is 28.0. The highest BCUT2D eigenvalue weighted by atomic mass is 15.2. The summed E-state index contributed by atoms with van der Waals surface area (Å²) in [4.78, 5) is 2.43. The molecule has 6 rings (SSSR count). The Morgan fingerprint density at radius 2 is 1.70 bits per heavy atom. The van der Waals surface area contributed by atoms with Gasteiger partial charge in [-0.1, -0.05) is 116 Å². The summed E-state index contributed by atoms with van der Waals surface area (Å²) in [6.07, 6.45) is 23.4. The fraction of sp³-hybridized carbons (Fsp3) is 0.0952. The van der Waals surface area contributed by atoms with Crippen LogP contribution in [0.2, 0.25) is 0 Å². The lowest BCUT2D eigenvalue weighted by atomic mass is 9.86. The quantitative estimate of drug-likeness (QED) is 0.195. The van der Waals surface area contributed by atoms with Crippen LogP contribution in [-0.4, -0.2) is 0 Å². The summed E-state index contributed by atoms with van der Waals surface area (Å²) in [6.45, 7) is 12.3. The molecule has 210 valence electrons. The van der Waals surface area contributed by atoms with Crippen molar-refractivity contribution in [3.05, 3.63) is 175 Å². The van der Waals surface area contributed by atoms with Crippen molar-refractivity contribution in [2.24, 2.45) is 0 Å². The van der Waals surface area contributed by atoms with Crippen molar-refractivity contribution in [2.45, 2.75) is 26.7 Å². The van der Waals surface area contributed by atoms with Gasteiger partial charge >= 0.3 is 0 Å². The van der Waals surface area contributed by atoms with Crippen molar-refractivity contribution in [3.8, 4) is 11.1 Å². The summed E-state index contributed by atoms with van der Waals surface area (Å²) in [5.41, 5.74) is 13.2. The molecule has 0 spiro atoms. The van der Waals surface area contributed by atoms with E-state index in [1.54, 1.807) is 0 Å². The van der Waals surface area contributed by atoms with Gasteiger partial charge in [0, 0.05) is 22.3 Å². The number of benzene rings is 4. The zero-order valence-corrected chi connectivity index (χ0v) is 25.1. The molecule has 1 aliphatic heterocycles. The summed E-state index contributed by atoms with van der Waals surface area (Å²) < 4.78 is 0. The lowest BCUT2D eigenvalue weighted by molar-refractivity contribution is 1.04. The average Bonchev–Trinajstić information content (AvgIpc) is 3.05. The molecule has 0 saturated heterocycles. The van der Waals surface area contributed by atoms with Crippen LogP contribution in [0.25, 0.3) is 38.6 Å². The Balaban J connectivity index is 1.64. The third kappa shape index (κ3) is 5.43. The molecule has 2 aliphatic rings. The minimum atomic E-state index is 1.08. The van der Waals surface area contributed by atoms with Gasteiger partial charge in [-0.25, -0.2) is 0 Å². The number of rotatable bonds is 8. The van der Waals surface area contributed by atoms with Gasteiger partial charge in [0.1, 0.15) is 0 Å². The second-order valence-corrected chi connectivity index (χ2v) is 11.0. The first-order valence-corrected chi connectivity index (χ1v) is 15.0. The molecule has 4 aromatic rings. The SMILES string of the molecule is C=C/C=C\C1=C(C)N(c2cc(C(/C=C\C)=C/C=C)cc(-c3ccccc3)c2)c2cccc3cc(C4=CCCC=C4)cc1c23. The molecular weight excluding hydrogens is 518 g/mol. The predicted octanol–water partition coefficient (Wildman–Crippen LogP) is 12.0. The Hall–Kier alpha value is -5.14. The maximum Gasteiger partial charge on any atom is 0.0543 e. The van der Waals surface area contributed by atoms with Crippen LogP contribution in [0.5, 0.6) is 0 Å². The fourth-order valence-corrected chi connectivity index (χ4v) is 6.26. The minimum Gasteiger partial charge on any atom is -0.313 e. The molecule has 0 bridgehead atoms. The van der Waals surface area contributed by atoms with Crippen molar-refractivity contribution in [1.29, 1.82) is 0 Å². The Kier molecular flexibility index (Phi) is 8.07. The molecule has 0 fully saturated rings. The van der Waals surface area contributed by atoms with Crippen molar-refractivity contribution >= 4 is 38.9 Å². The molecule has 1 heterocycles. The van der Waals surface area contributed by atoms with Crippen molar-refractivity contribution in [1.82, 2.24) is 0 Å². The van der Waals surface area contributed by atoms with Gasteiger partial charge in [0.15, 0.2) is 0 Å². The molecule has 1 nitrogen and oxygen atoms in total. The summed E-state index contributed by atoms with van der Waals surface area (Å²) in [5, 5.41) is 2.51. The number of hydrogen-bond donors (Lipinski definition) is 0. The largest absolute Gasteiger partial charge is 0.313 e. The lowest BCUT2D eigenvalue weighted by Gasteiger charge is -2.34. The molecule has 0 amide bonds. The van der Waals surface area contributed by atoms with E-state index < -0.39 is 0 Å². The zero-order valence-electron chi connectivity index (χ0n) is 25.1. The summed E-state index contributed by atoms with van der Waals surface area (Å²) in [5.74, 6) is 0. The lowest BCUT2D eigenvalue weighted by Crippen LogP contribution is -2.20. The summed E-state index contributed by atoms with van der Waals surface area (Å²) >= 11 is 0. The van der Waals surface area contributed by atoms with Crippen LogP contribution < -0.4 is 4.90 Å². The van der Waals surface area contributed by atoms with Gasteiger partial charge < -0.3 is 4.90 Å². The topological polar surface area (TPSA) is 3.24 Å². The first-order valence-electron chi connectivity index (χ1n) is 15.0. The van der Waals surface area contributed by atoms with E-state index in [-0.39, 0.29) is 0 Å². The van der Waals surface area contributed by atoms with E-state index in [1.165, 1.54) is 55.6 Å². The van der Waals surface area contributed by atoms with Crippen LogP contribution in [0.4, 0.5) is 11.4 Å². The maximum absolute atomic E-state index is 3.99. The van der Waals surface area contributed by atoms with Crippen molar-refractivity contribution in [3.63, 3.8) is 0 Å². The summed E-state index contributed by atoms with van der Waals surface area (Å²) in [6, 6.07) is 28.9. The van der Waals surface area contributed by atoms with Gasteiger partial charge in [-0.05, 0) is 107 Å². The maximum atomic E-state index is 3.99. The fourth-order valence-electron chi connectivity index (χ4n) is 6.26. The van der Waals surface area contributed by atoms with Gasteiger partial charge in [-0.2, -0.15) is 0 Å². The Morgan fingerprint density at radius 1 is 0.837 bits per heavy atom. The van der Waals surface area contributed by atoms with E-state index in [0.29, 0.717) is 0 Å². The van der Waals surface area contributed by atoms with Gasteiger partial charge in [-0.3, -0.25) is 0 Å². The summed E-state index contributed by atoms with van der Waals surface area (Å²) in [7, 11) is 0. The highest BCUT2D eigenvalue weighted by Gasteiger charge is 2.26. The third-order valence-corrected chi connectivity index (χ3v) is 8.20. The van der Waals surface area contributed by atoms with Crippen LogP contribution in [0, 0.1) is 0 Å². The Labute approximate surface area is 256 Å². The highest BCUT2D eigenvalue weighted by molar-refractivity contribution is 6.11. The second kappa shape index (κ2) is 12.4.